The highest BCUT2D eigenvalue weighted by Crippen LogP contribution is 2.49. The number of ether oxygens (including phenoxy) is 1. The van der Waals surface area contributed by atoms with Gasteiger partial charge in [0.25, 0.3) is 0 Å². The normalized spacial score (nSPS) is 19.4. The molecule has 1 unspecified atom stereocenters. The zero-order chi connectivity index (χ0) is 12.6. The van der Waals surface area contributed by atoms with E-state index in [2.05, 4.69) is 0 Å². The number of carboxylic acids is 1. The number of aromatic carboxylic acids is 1. The molecule has 0 fully saturated rings. The molecular weight excluding hydrogens is 257 g/mol. The predicted molar refractivity (Wildman–Crippen MR) is 55.3 cm³/mol. The third kappa shape index (κ3) is 2.33. The minimum atomic E-state index is -4.37. The molecule has 0 radical (unpaired) electrons. The van der Waals surface area contributed by atoms with E-state index in [-0.39, 0.29) is 22.8 Å². The number of carbonyl (C=O) groups is 1. The average molecular weight is 264 g/mol. The van der Waals surface area contributed by atoms with Crippen molar-refractivity contribution in [3.63, 3.8) is 0 Å². The van der Waals surface area contributed by atoms with Crippen molar-refractivity contribution in [3.05, 3.63) is 29.3 Å². The Kier molecular flexibility index (Phi) is 2.94. The predicted octanol–water partition coefficient (Wildman–Crippen LogP) is 3.07. The second-order valence-electron chi connectivity index (χ2n) is 3.41. The van der Waals surface area contributed by atoms with Gasteiger partial charge in [0.05, 0.1) is 5.56 Å². The van der Waals surface area contributed by atoms with E-state index in [0.29, 0.717) is 11.8 Å². The molecule has 1 aliphatic rings. The summed E-state index contributed by atoms with van der Waals surface area (Å²) in [6.07, 6.45) is -4.37. The van der Waals surface area contributed by atoms with Gasteiger partial charge in [0.2, 0.25) is 0 Å². The summed E-state index contributed by atoms with van der Waals surface area (Å²) in [5.74, 6) is -1.34. The van der Waals surface area contributed by atoms with Gasteiger partial charge in [-0.2, -0.15) is 13.2 Å². The minimum Gasteiger partial charge on any atom is -0.483 e. The van der Waals surface area contributed by atoms with Crippen LogP contribution >= 0.6 is 11.8 Å². The van der Waals surface area contributed by atoms with Crippen LogP contribution in [0.2, 0.25) is 0 Å². The van der Waals surface area contributed by atoms with Crippen molar-refractivity contribution < 1.29 is 27.8 Å². The number of halogens is 3. The van der Waals surface area contributed by atoms with Crippen molar-refractivity contribution in [2.24, 2.45) is 0 Å². The van der Waals surface area contributed by atoms with Crippen LogP contribution in [0.3, 0.4) is 0 Å². The Morgan fingerprint density at radius 3 is 2.76 bits per heavy atom. The first-order valence-corrected chi connectivity index (χ1v) is 5.63. The standard InChI is InChI=1S/C10H7F3O3S/c11-10(12,13)8-6-2-1-5(9(14)15)3-7(6)16-4-17-8/h1-3,8H,4H2,(H,14,15). The van der Waals surface area contributed by atoms with Crippen LogP contribution in [0.15, 0.2) is 18.2 Å². The van der Waals surface area contributed by atoms with Gasteiger partial charge in [0, 0.05) is 5.56 Å². The van der Waals surface area contributed by atoms with E-state index in [1.807, 2.05) is 0 Å². The van der Waals surface area contributed by atoms with E-state index in [1.54, 1.807) is 0 Å². The number of alkyl halides is 3. The Morgan fingerprint density at radius 2 is 2.18 bits per heavy atom. The average Bonchev–Trinajstić information content (AvgIpc) is 2.26. The Morgan fingerprint density at radius 1 is 1.47 bits per heavy atom. The van der Waals surface area contributed by atoms with E-state index in [0.717, 1.165) is 18.2 Å². The van der Waals surface area contributed by atoms with Crippen LogP contribution in [0.25, 0.3) is 0 Å². The molecule has 1 atom stereocenters. The molecule has 7 heteroatoms. The molecule has 0 amide bonds. The summed E-state index contributed by atoms with van der Waals surface area (Å²) in [6.45, 7) is 0. The molecule has 2 rings (SSSR count). The van der Waals surface area contributed by atoms with Gasteiger partial charge in [-0.1, -0.05) is 6.07 Å². The second-order valence-corrected chi connectivity index (χ2v) is 4.45. The molecule has 17 heavy (non-hydrogen) atoms. The van der Waals surface area contributed by atoms with Crippen molar-refractivity contribution in [2.75, 3.05) is 5.94 Å². The Balaban J connectivity index is 2.44. The lowest BCUT2D eigenvalue weighted by Crippen LogP contribution is -2.23. The van der Waals surface area contributed by atoms with E-state index >= 15 is 0 Å². The number of carboxylic acid groups (broad SMARTS) is 1. The van der Waals surface area contributed by atoms with Crippen LogP contribution in [0.4, 0.5) is 13.2 Å². The van der Waals surface area contributed by atoms with E-state index < -0.39 is 17.4 Å². The molecule has 0 spiro atoms. The van der Waals surface area contributed by atoms with Crippen molar-refractivity contribution in [1.29, 1.82) is 0 Å². The fourth-order valence-corrected chi connectivity index (χ4v) is 2.43. The smallest absolute Gasteiger partial charge is 0.404 e. The topological polar surface area (TPSA) is 46.5 Å². The lowest BCUT2D eigenvalue weighted by atomic mass is 10.1. The lowest BCUT2D eigenvalue weighted by molar-refractivity contribution is -0.130. The summed E-state index contributed by atoms with van der Waals surface area (Å²) in [5.41, 5.74) is -0.115. The fourth-order valence-electron chi connectivity index (χ4n) is 1.54. The zero-order valence-corrected chi connectivity index (χ0v) is 9.14. The first-order chi connectivity index (χ1) is 7.89. The van der Waals surface area contributed by atoms with Crippen molar-refractivity contribution in [3.8, 4) is 5.75 Å². The third-order valence-corrected chi connectivity index (χ3v) is 3.40. The van der Waals surface area contributed by atoms with Crippen LogP contribution in [0, 0.1) is 0 Å². The van der Waals surface area contributed by atoms with E-state index in [4.69, 9.17) is 9.84 Å². The maximum atomic E-state index is 12.7. The Bertz CT molecular complexity index is 459. The summed E-state index contributed by atoms with van der Waals surface area (Å²) in [5, 5.41) is 7.07. The summed E-state index contributed by atoms with van der Waals surface area (Å²) in [6, 6.07) is 3.42. The van der Waals surface area contributed by atoms with Crippen LogP contribution in [0.5, 0.6) is 5.75 Å². The molecule has 1 N–H and O–H groups in total. The minimum absolute atomic E-state index is 0.00836. The molecule has 1 aromatic carbocycles. The van der Waals surface area contributed by atoms with Gasteiger partial charge in [0.15, 0.2) is 0 Å². The van der Waals surface area contributed by atoms with E-state index in [1.165, 1.54) is 0 Å². The molecule has 3 nitrogen and oxygen atoms in total. The quantitative estimate of drug-likeness (QED) is 0.846. The summed E-state index contributed by atoms with van der Waals surface area (Å²) in [7, 11) is 0. The van der Waals surface area contributed by atoms with Gasteiger partial charge >= 0.3 is 12.1 Å². The first-order valence-electron chi connectivity index (χ1n) is 4.58. The SMILES string of the molecule is O=C(O)c1ccc2c(c1)OCSC2C(F)(F)F. The Labute approximate surface area is 98.6 Å². The molecular formula is C10H7F3O3S. The summed E-state index contributed by atoms with van der Waals surface area (Å²) >= 11 is 0.632. The number of fused-ring (bicyclic) bond motifs is 1. The molecule has 0 saturated carbocycles. The molecule has 0 bridgehead atoms. The second kappa shape index (κ2) is 4.14. The molecule has 1 heterocycles. The molecule has 1 aliphatic heterocycles. The number of thioether (sulfide) groups is 1. The highest BCUT2D eigenvalue weighted by Gasteiger charge is 2.44. The van der Waals surface area contributed by atoms with Gasteiger partial charge in [-0.05, 0) is 12.1 Å². The lowest BCUT2D eigenvalue weighted by Gasteiger charge is -2.27. The first kappa shape index (κ1) is 12.1. The van der Waals surface area contributed by atoms with Gasteiger partial charge in [0.1, 0.15) is 16.9 Å². The summed E-state index contributed by atoms with van der Waals surface area (Å²) in [4.78, 5) is 10.7. The molecule has 0 aromatic heterocycles. The van der Waals surface area contributed by atoms with Crippen LogP contribution < -0.4 is 4.74 Å². The molecule has 0 aliphatic carbocycles. The van der Waals surface area contributed by atoms with Gasteiger partial charge in [-0.3, -0.25) is 0 Å². The van der Waals surface area contributed by atoms with Crippen LogP contribution in [-0.2, 0) is 0 Å². The summed E-state index contributed by atoms with van der Waals surface area (Å²) < 4.78 is 43.1. The van der Waals surface area contributed by atoms with Crippen molar-refractivity contribution in [2.45, 2.75) is 11.4 Å². The monoisotopic (exact) mass is 264 g/mol. The van der Waals surface area contributed by atoms with Gasteiger partial charge in [-0.15, -0.1) is 11.8 Å². The highest BCUT2D eigenvalue weighted by molar-refractivity contribution is 7.99. The van der Waals surface area contributed by atoms with Crippen LogP contribution in [0.1, 0.15) is 21.2 Å². The zero-order valence-electron chi connectivity index (χ0n) is 8.32. The highest BCUT2D eigenvalue weighted by atomic mass is 32.2. The third-order valence-electron chi connectivity index (χ3n) is 2.29. The van der Waals surface area contributed by atoms with Crippen molar-refractivity contribution in [1.82, 2.24) is 0 Å². The van der Waals surface area contributed by atoms with Crippen molar-refractivity contribution >= 4 is 17.7 Å². The largest absolute Gasteiger partial charge is 0.483 e. The number of rotatable bonds is 1. The number of hydrogen-bond acceptors (Lipinski definition) is 3. The number of hydrogen-bond donors (Lipinski definition) is 1. The van der Waals surface area contributed by atoms with Gasteiger partial charge < -0.3 is 9.84 Å². The Hall–Kier alpha value is -1.37. The molecule has 92 valence electrons. The fraction of sp³-hybridized carbons (Fsp3) is 0.300. The van der Waals surface area contributed by atoms with Crippen LogP contribution in [-0.4, -0.2) is 23.2 Å². The maximum Gasteiger partial charge on any atom is 0.404 e. The number of benzene rings is 1. The van der Waals surface area contributed by atoms with Gasteiger partial charge in [-0.25, -0.2) is 4.79 Å². The molecule has 0 saturated heterocycles. The van der Waals surface area contributed by atoms with E-state index in [9.17, 15) is 18.0 Å². The molecule has 1 aromatic rings. The maximum absolute atomic E-state index is 12.7.